The van der Waals surface area contributed by atoms with E-state index >= 15 is 0 Å². The van der Waals surface area contributed by atoms with Crippen LogP contribution in [0.15, 0.2) is 47.9 Å². The summed E-state index contributed by atoms with van der Waals surface area (Å²) in [4.78, 5) is 7.08. The van der Waals surface area contributed by atoms with Crippen molar-refractivity contribution in [1.82, 2.24) is 19.3 Å². The van der Waals surface area contributed by atoms with Gasteiger partial charge in [-0.15, -0.1) is 0 Å². The highest BCUT2D eigenvalue weighted by Crippen LogP contribution is 2.32. The molecule has 0 saturated carbocycles. The predicted octanol–water partition coefficient (Wildman–Crippen LogP) is 2.19. The van der Waals surface area contributed by atoms with Gasteiger partial charge in [-0.1, -0.05) is 0 Å². The fourth-order valence-electron chi connectivity index (χ4n) is 2.58. The highest BCUT2D eigenvalue weighted by atomic mass is 32.2. The Kier molecular flexibility index (Phi) is 5.19. The number of rotatable bonds is 6. The fourth-order valence-corrected chi connectivity index (χ4v) is 3.95. The van der Waals surface area contributed by atoms with E-state index in [1.807, 2.05) is 0 Å². The lowest BCUT2D eigenvalue weighted by atomic mass is 10.2. The Hall–Kier alpha value is -2.85. The molecule has 0 aliphatic heterocycles. The minimum absolute atomic E-state index is 0.0552. The van der Waals surface area contributed by atoms with E-state index in [2.05, 4.69) is 15.3 Å². The molecular formula is C17H16F2N4O3S. The second-order valence-electron chi connectivity index (χ2n) is 5.55. The minimum atomic E-state index is -4.28. The van der Waals surface area contributed by atoms with Crippen molar-refractivity contribution in [3.63, 3.8) is 0 Å². The van der Waals surface area contributed by atoms with Crippen LogP contribution in [0.3, 0.4) is 0 Å². The second-order valence-corrected chi connectivity index (χ2v) is 7.37. The van der Waals surface area contributed by atoms with Crippen molar-refractivity contribution in [1.29, 1.82) is 0 Å². The molecule has 3 heterocycles. The standard InChI is InChI=1S/C17H16F2N4O3S/c1-20-7-11-10-23(16(15(11)18)14-4-3-5-22-17(14)19)27(24,25)13-6-12(26-2)8-21-9-13/h3-6,8-10,20H,7H2,1-2H3. The van der Waals surface area contributed by atoms with Crippen LogP contribution in [-0.4, -0.2) is 36.5 Å². The molecule has 0 amide bonds. The predicted molar refractivity (Wildman–Crippen MR) is 93.7 cm³/mol. The Bertz CT molecular complexity index is 1080. The van der Waals surface area contributed by atoms with Crippen LogP contribution in [0.1, 0.15) is 5.56 Å². The normalized spacial score (nSPS) is 11.6. The number of nitrogens with one attached hydrogen (secondary N) is 1. The highest BCUT2D eigenvalue weighted by molar-refractivity contribution is 7.90. The van der Waals surface area contributed by atoms with Gasteiger partial charge in [-0.25, -0.2) is 21.8 Å². The van der Waals surface area contributed by atoms with Crippen molar-refractivity contribution in [2.24, 2.45) is 0 Å². The number of hydrogen-bond donors (Lipinski definition) is 1. The molecule has 0 saturated heterocycles. The molecule has 0 aliphatic rings. The summed E-state index contributed by atoms with van der Waals surface area (Å²) < 4.78 is 61.1. The monoisotopic (exact) mass is 394 g/mol. The van der Waals surface area contributed by atoms with Crippen molar-refractivity contribution in [3.8, 4) is 17.0 Å². The summed E-state index contributed by atoms with van der Waals surface area (Å²) in [5.74, 6) is -1.62. The van der Waals surface area contributed by atoms with Crippen LogP contribution in [0.5, 0.6) is 5.75 Å². The van der Waals surface area contributed by atoms with Gasteiger partial charge < -0.3 is 10.1 Å². The maximum Gasteiger partial charge on any atom is 0.269 e. The summed E-state index contributed by atoms with van der Waals surface area (Å²) >= 11 is 0. The Morgan fingerprint density at radius 2 is 2.07 bits per heavy atom. The SMILES string of the molecule is CNCc1cn(S(=O)(=O)c2cncc(OC)c2)c(-c2cccnc2F)c1F. The first kappa shape index (κ1) is 18.9. The first-order chi connectivity index (χ1) is 12.9. The second kappa shape index (κ2) is 7.41. The molecular weight excluding hydrogens is 378 g/mol. The Morgan fingerprint density at radius 1 is 1.30 bits per heavy atom. The number of pyridine rings is 2. The Labute approximate surface area is 154 Å². The van der Waals surface area contributed by atoms with Gasteiger partial charge in [0, 0.05) is 36.8 Å². The topological polar surface area (TPSA) is 86.1 Å². The molecule has 3 aromatic rings. The van der Waals surface area contributed by atoms with E-state index in [1.54, 1.807) is 7.05 Å². The van der Waals surface area contributed by atoms with Gasteiger partial charge >= 0.3 is 0 Å². The van der Waals surface area contributed by atoms with E-state index in [9.17, 15) is 17.2 Å². The van der Waals surface area contributed by atoms with Crippen LogP contribution in [-0.2, 0) is 16.6 Å². The van der Waals surface area contributed by atoms with Crippen LogP contribution in [0, 0.1) is 11.8 Å². The highest BCUT2D eigenvalue weighted by Gasteiger charge is 2.28. The summed E-state index contributed by atoms with van der Waals surface area (Å²) in [5, 5.41) is 2.75. The lowest BCUT2D eigenvalue weighted by molar-refractivity contribution is 0.411. The average Bonchev–Trinajstić information content (AvgIpc) is 3.00. The van der Waals surface area contributed by atoms with E-state index in [1.165, 1.54) is 37.7 Å². The van der Waals surface area contributed by atoms with Crippen molar-refractivity contribution in [3.05, 3.63) is 60.3 Å². The Balaban J connectivity index is 2.28. The summed E-state index contributed by atoms with van der Waals surface area (Å²) in [5.41, 5.74) is -0.638. The summed E-state index contributed by atoms with van der Waals surface area (Å²) in [6.07, 6.45) is 4.75. The number of aromatic nitrogens is 3. The van der Waals surface area contributed by atoms with Crippen molar-refractivity contribution < 1.29 is 21.9 Å². The number of methoxy groups -OCH3 is 1. The maximum absolute atomic E-state index is 15.0. The van der Waals surface area contributed by atoms with Crippen LogP contribution in [0.25, 0.3) is 11.3 Å². The van der Waals surface area contributed by atoms with Crippen LogP contribution in [0.4, 0.5) is 8.78 Å². The largest absolute Gasteiger partial charge is 0.495 e. The molecule has 3 rings (SSSR count). The zero-order valence-electron chi connectivity index (χ0n) is 14.5. The van der Waals surface area contributed by atoms with Gasteiger partial charge in [0.2, 0.25) is 5.95 Å². The lowest BCUT2D eigenvalue weighted by Crippen LogP contribution is -2.14. The quantitative estimate of drug-likeness (QED) is 0.645. The third-order valence-corrected chi connectivity index (χ3v) is 5.47. The lowest BCUT2D eigenvalue weighted by Gasteiger charge is -2.11. The molecule has 142 valence electrons. The summed E-state index contributed by atoms with van der Waals surface area (Å²) in [6.45, 7) is 0.0552. The number of nitrogens with zero attached hydrogens (tertiary/aromatic N) is 3. The first-order valence-electron chi connectivity index (χ1n) is 7.80. The number of hydrogen-bond acceptors (Lipinski definition) is 6. The number of halogens is 2. The zero-order chi connectivity index (χ0) is 19.6. The van der Waals surface area contributed by atoms with Crippen LogP contribution >= 0.6 is 0 Å². The third-order valence-electron chi connectivity index (χ3n) is 3.85. The Morgan fingerprint density at radius 3 is 2.74 bits per heavy atom. The van der Waals surface area contributed by atoms with Crippen LogP contribution < -0.4 is 10.1 Å². The molecule has 0 atom stereocenters. The first-order valence-corrected chi connectivity index (χ1v) is 9.24. The number of ether oxygens (including phenoxy) is 1. The van der Waals surface area contributed by atoms with Crippen molar-refractivity contribution in [2.75, 3.05) is 14.2 Å². The van der Waals surface area contributed by atoms with E-state index in [4.69, 9.17) is 4.74 Å². The maximum atomic E-state index is 15.0. The van der Waals surface area contributed by atoms with E-state index in [0.29, 0.717) is 3.97 Å². The third kappa shape index (κ3) is 3.40. The van der Waals surface area contributed by atoms with E-state index < -0.39 is 27.5 Å². The van der Waals surface area contributed by atoms with Crippen molar-refractivity contribution >= 4 is 10.0 Å². The smallest absolute Gasteiger partial charge is 0.269 e. The van der Waals surface area contributed by atoms with Gasteiger partial charge in [0.25, 0.3) is 10.0 Å². The van der Waals surface area contributed by atoms with Gasteiger partial charge in [-0.05, 0) is 19.2 Å². The van der Waals surface area contributed by atoms with Gasteiger partial charge in [0.1, 0.15) is 16.3 Å². The molecule has 3 aromatic heterocycles. The van der Waals surface area contributed by atoms with Crippen molar-refractivity contribution in [2.45, 2.75) is 11.4 Å². The molecule has 0 aromatic carbocycles. The average molecular weight is 394 g/mol. The summed E-state index contributed by atoms with van der Waals surface area (Å²) in [6, 6.07) is 3.91. The zero-order valence-corrected chi connectivity index (χ0v) is 15.3. The molecule has 10 heteroatoms. The summed E-state index contributed by atoms with van der Waals surface area (Å²) in [7, 11) is -1.32. The van der Waals surface area contributed by atoms with Crippen LogP contribution in [0.2, 0.25) is 0 Å². The molecule has 0 aliphatic carbocycles. The molecule has 1 N–H and O–H groups in total. The molecule has 7 nitrogen and oxygen atoms in total. The van der Waals surface area contributed by atoms with E-state index in [-0.39, 0.29) is 28.3 Å². The van der Waals surface area contributed by atoms with E-state index in [0.717, 1.165) is 12.4 Å². The molecule has 0 spiro atoms. The van der Waals surface area contributed by atoms with Gasteiger partial charge in [-0.3, -0.25) is 4.98 Å². The molecule has 0 unspecified atom stereocenters. The van der Waals surface area contributed by atoms with Gasteiger partial charge in [0.05, 0.1) is 18.9 Å². The minimum Gasteiger partial charge on any atom is -0.495 e. The van der Waals surface area contributed by atoms with Gasteiger partial charge in [0.15, 0.2) is 5.82 Å². The molecule has 0 fully saturated rings. The molecule has 0 radical (unpaired) electrons. The fraction of sp³-hybridized carbons (Fsp3) is 0.176. The molecule has 27 heavy (non-hydrogen) atoms. The van der Waals surface area contributed by atoms with Gasteiger partial charge in [-0.2, -0.15) is 4.39 Å². The molecule has 0 bridgehead atoms.